The number of hydrogen-bond acceptors (Lipinski definition) is 4. The summed E-state index contributed by atoms with van der Waals surface area (Å²) in [7, 11) is 0. The van der Waals surface area contributed by atoms with E-state index < -0.39 is 0 Å². The maximum absolute atomic E-state index is 12.7. The van der Waals surface area contributed by atoms with Crippen LogP contribution in [0.4, 0.5) is 5.69 Å². The van der Waals surface area contributed by atoms with Gasteiger partial charge in [0.25, 0.3) is 5.91 Å². The molecule has 1 aromatic carbocycles. The summed E-state index contributed by atoms with van der Waals surface area (Å²) in [4.78, 5) is 19.2. The number of morpholine rings is 1. The van der Waals surface area contributed by atoms with E-state index in [1.54, 1.807) is 6.20 Å². The highest BCUT2D eigenvalue weighted by Crippen LogP contribution is 2.56. The van der Waals surface area contributed by atoms with Gasteiger partial charge in [-0.2, -0.15) is 0 Å². The zero-order valence-electron chi connectivity index (χ0n) is 14.0. The molecule has 1 N–H and O–H groups in total. The molecule has 1 saturated carbocycles. The minimum atomic E-state index is -0.0630. The lowest BCUT2D eigenvalue weighted by molar-refractivity contribution is 0.0943. The predicted molar refractivity (Wildman–Crippen MR) is 94.9 cm³/mol. The zero-order chi connectivity index (χ0) is 16.8. The van der Waals surface area contributed by atoms with E-state index in [1.807, 2.05) is 12.1 Å². The van der Waals surface area contributed by atoms with Crippen LogP contribution in [-0.2, 0) is 11.2 Å². The van der Waals surface area contributed by atoms with Crippen LogP contribution in [0.5, 0.6) is 0 Å². The largest absolute Gasteiger partial charge is 0.378 e. The molecule has 2 aromatic rings. The Morgan fingerprint density at radius 2 is 2.04 bits per heavy atom. The zero-order valence-corrected chi connectivity index (χ0v) is 14.0. The molecule has 2 fully saturated rings. The van der Waals surface area contributed by atoms with Crippen LogP contribution < -0.4 is 10.2 Å². The minimum Gasteiger partial charge on any atom is -0.378 e. The first kappa shape index (κ1) is 14.9. The molecule has 2 heterocycles. The lowest BCUT2D eigenvalue weighted by Crippen LogP contribution is -2.36. The summed E-state index contributed by atoms with van der Waals surface area (Å²) in [6, 6.07) is 12.7. The molecule has 2 aliphatic carbocycles. The summed E-state index contributed by atoms with van der Waals surface area (Å²) in [6.07, 6.45) is 2.80. The molecular weight excluding hydrogens is 314 g/mol. The van der Waals surface area contributed by atoms with Crippen molar-refractivity contribution in [1.82, 2.24) is 10.3 Å². The van der Waals surface area contributed by atoms with Gasteiger partial charge in [-0.05, 0) is 35.6 Å². The first-order chi connectivity index (χ1) is 12.3. The molecule has 1 amide bonds. The third kappa shape index (κ3) is 2.59. The molecule has 1 aliphatic heterocycles. The van der Waals surface area contributed by atoms with E-state index in [4.69, 9.17) is 4.74 Å². The van der Waals surface area contributed by atoms with Crippen LogP contribution in [0.1, 0.15) is 27.5 Å². The van der Waals surface area contributed by atoms with Gasteiger partial charge in [0.15, 0.2) is 0 Å². The van der Waals surface area contributed by atoms with Gasteiger partial charge in [-0.1, -0.05) is 24.3 Å². The molecule has 1 aromatic heterocycles. The van der Waals surface area contributed by atoms with Gasteiger partial charge in [0.05, 0.1) is 13.2 Å². The Labute approximate surface area is 147 Å². The quantitative estimate of drug-likeness (QED) is 0.932. The Balaban J connectivity index is 1.28. The fourth-order valence-electron chi connectivity index (χ4n) is 4.34. The van der Waals surface area contributed by atoms with Crippen LogP contribution in [0, 0.1) is 5.92 Å². The predicted octanol–water partition coefficient (Wildman–Crippen LogP) is 1.99. The number of aromatic nitrogens is 1. The van der Waals surface area contributed by atoms with Crippen LogP contribution in [0.2, 0.25) is 0 Å². The summed E-state index contributed by atoms with van der Waals surface area (Å²) in [5.74, 6) is 0.985. The molecule has 3 atom stereocenters. The van der Waals surface area contributed by atoms with E-state index in [9.17, 15) is 4.79 Å². The second kappa shape index (κ2) is 5.85. The molecular formula is C20H21N3O2. The Hall–Kier alpha value is -2.40. The highest BCUT2D eigenvalue weighted by atomic mass is 16.5. The number of carbonyl (C=O) groups excluding carboxylic acids is 1. The number of benzene rings is 1. The summed E-state index contributed by atoms with van der Waals surface area (Å²) in [5.41, 5.74) is 4.40. The van der Waals surface area contributed by atoms with E-state index >= 15 is 0 Å². The standard InChI is InChI=1S/C20H21N3O2/c24-20(17-12-14(5-6-21-17)23-7-9-25-10-8-23)22-19-16-11-13-3-1-2-4-15(13)18(16)19/h1-6,12,16,18-19H,7-11H2,(H,22,24). The van der Waals surface area contributed by atoms with Gasteiger partial charge >= 0.3 is 0 Å². The van der Waals surface area contributed by atoms with Crippen molar-refractivity contribution in [2.24, 2.45) is 5.92 Å². The molecule has 3 aliphatic rings. The molecule has 25 heavy (non-hydrogen) atoms. The Morgan fingerprint density at radius 3 is 2.92 bits per heavy atom. The topological polar surface area (TPSA) is 54.5 Å². The van der Waals surface area contributed by atoms with E-state index in [-0.39, 0.29) is 11.9 Å². The molecule has 5 heteroatoms. The van der Waals surface area contributed by atoms with Gasteiger partial charge in [-0.25, -0.2) is 0 Å². The smallest absolute Gasteiger partial charge is 0.270 e. The van der Waals surface area contributed by atoms with Crippen molar-refractivity contribution in [3.63, 3.8) is 0 Å². The van der Waals surface area contributed by atoms with Gasteiger partial charge in [0, 0.05) is 36.9 Å². The Bertz CT molecular complexity index is 816. The molecule has 1 saturated heterocycles. The third-order valence-corrected chi connectivity index (χ3v) is 5.69. The average Bonchev–Trinajstić information content (AvgIpc) is 3.18. The maximum atomic E-state index is 12.7. The fraction of sp³-hybridized carbons (Fsp3) is 0.400. The average molecular weight is 335 g/mol. The van der Waals surface area contributed by atoms with E-state index in [2.05, 4.69) is 39.5 Å². The number of anilines is 1. The SMILES string of the molecule is O=C(NC1C2Cc3ccccc3C21)c1cc(N2CCOCC2)ccn1. The van der Waals surface area contributed by atoms with Crippen molar-refractivity contribution in [1.29, 1.82) is 0 Å². The third-order valence-electron chi connectivity index (χ3n) is 5.69. The molecule has 3 unspecified atom stereocenters. The summed E-state index contributed by atoms with van der Waals surface area (Å²) in [6.45, 7) is 3.17. The minimum absolute atomic E-state index is 0.0630. The lowest BCUT2D eigenvalue weighted by Gasteiger charge is -2.28. The summed E-state index contributed by atoms with van der Waals surface area (Å²) >= 11 is 0. The normalized spacial score (nSPS) is 26.7. The molecule has 5 nitrogen and oxygen atoms in total. The molecule has 5 rings (SSSR count). The second-order valence-electron chi connectivity index (χ2n) is 7.09. The van der Waals surface area contributed by atoms with E-state index in [0.717, 1.165) is 38.4 Å². The first-order valence-electron chi connectivity index (χ1n) is 8.99. The van der Waals surface area contributed by atoms with Crippen LogP contribution >= 0.6 is 0 Å². The highest BCUT2D eigenvalue weighted by molar-refractivity contribution is 5.93. The number of nitrogens with one attached hydrogen (secondary N) is 1. The number of fused-ring (bicyclic) bond motifs is 3. The van der Waals surface area contributed by atoms with Crippen molar-refractivity contribution < 1.29 is 9.53 Å². The van der Waals surface area contributed by atoms with Crippen molar-refractivity contribution in [3.05, 3.63) is 59.4 Å². The van der Waals surface area contributed by atoms with Gasteiger partial charge in [-0.15, -0.1) is 0 Å². The van der Waals surface area contributed by atoms with Crippen LogP contribution in [0.25, 0.3) is 0 Å². The van der Waals surface area contributed by atoms with Gasteiger partial charge in [0.2, 0.25) is 0 Å². The number of carbonyl (C=O) groups is 1. The first-order valence-corrected chi connectivity index (χ1v) is 8.99. The van der Waals surface area contributed by atoms with Crippen LogP contribution in [0.15, 0.2) is 42.6 Å². The molecule has 0 bridgehead atoms. The van der Waals surface area contributed by atoms with Crippen molar-refractivity contribution in [2.75, 3.05) is 31.2 Å². The summed E-state index contributed by atoms with van der Waals surface area (Å²) in [5, 5.41) is 3.20. The highest BCUT2D eigenvalue weighted by Gasteiger charge is 2.56. The Morgan fingerprint density at radius 1 is 1.20 bits per heavy atom. The lowest BCUT2D eigenvalue weighted by atomic mass is 10.1. The van der Waals surface area contributed by atoms with Crippen LogP contribution in [0.3, 0.4) is 0 Å². The maximum Gasteiger partial charge on any atom is 0.270 e. The number of hydrogen-bond donors (Lipinski definition) is 1. The summed E-state index contributed by atoms with van der Waals surface area (Å²) < 4.78 is 5.39. The molecule has 128 valence electrons. The van der Waals surface area contributed by atoms with Gasteiger partial charge in [0.1, 0.15) is 5.69 Å². The van der Waals surface area contributed by atoms with E-state index in [0.29, 0.717) is 17.5 Å². The van der Waals surface area contributed by atoms with Crippen molar-refractivity contribution in [2.45, 2.75) is 18.4 Å². The van der Waals surface area contributed by atoms with Crippen LogP contribution in [-0.4, -0.2) is 43.2 Å². The fourth-order valence-corrected chi connectivity index (χ4v) is 4.34. The van der Waals surface area contributed by atoms with E-state index in [1.165, 1.54) is 11.1 Å². The number of rotatable bonds is 3. The van der Waals surface area contributed by atoms with Crippen molar-refractivity contribution >= 4 is 11.6 Å². The second-order valence-corrected chi connectivity index (χ2v) is 7.09. The monoisotopic (exact) mass is 335 g/mol. The Kier molecular flexibility index (Phi) is 3.48. The molecule has 0 radical (unpaired) electrons. The number of pyridine rings is 1. The molecule has 0 spiro atoms. The van der Waals surface area contributed by atoms with Crippen molar-refractivity contribution in [3.8, 4) is 0 Å². The number of nitrogens with zero attached hydrogens (tertiary/aromatic N) is 2. The van der Waals surface area contributed by atoms with Gasteiger partial charge in [-0.3, -0.25) is 9.78 Å². The number of amides is 1. The number of ether oxygens (including phenoxy) is 1. The van der Waals surface area contributed by atoms with Gasteiger partial charge < -0.3 is 15.0 Å².